The number of carboxylic acids is 1. The molecule has 3 rings (SSSR count). The number of hydrogen-bond acceptors (Lipinski definition) is 4. The molecule has 1 amide bonds. The van der Waals surface area contributed by atoms with Crippen molar-refractivity contribution in [2.45, 2.75) is 25.0 Å². The van der Waals surface area contributed by atoms with E-state index in [0.29, 0.717) is 18.4 Å². The van der Waals surface area contributed by atoms with Crippen LogP contribution in [0.15, 0.2) is 34.7 Å². The lowest BCUT2D eigenvalue weighted by Crippen LogP contribution is -2.32. The fourth-order valence-electron chi connectivity index (χ4n) is 2.42. The Morgan fingerprint density at radius 1 is 1.29 bits per heavy atom. The third-order valence-electron chi connectivity index (χ3n) is 3.52. The van der Waals surface area contributed by atoms with Crippen molar-refractivity contribution in [3.05, 3.63) is 36.1 Å². The predicted octanol–water partition coefficient (Wildman–Crippen LogP) is 1.79. The van der Waals surface area contributed by atoms with Crippen LogP contribution in [0.25, 0.3) is 11.0 Å². The van der Waals surface area contributed by atoms with Crippen molar-refractivity contribution >= 4 is 22.8 Å². The third-order valence-corrected chi connectivity index (χ3v) is 3.52. The molecule has 0 bridgehead atoms. The van der Waals surface area contributed by atoms with Crippen molar-refractivity contribution in [1.29, 1.82) is 0 Å². The lowest BCUT2D eigenvalue weighted by molar-refractivity contribution is -0.149. The van der Waals surface area contributed by atoms with Gasteiger partial charge in [0.15, 0.2) is 11.9 Å². The molecule has 1 aromatic carbocycles. The van der Waals surface area contributed by atoms with Crippen molar-refractivity contribution in [2.75, 3.05) is 6.54 Å². The van der Waals surface area contributed by atoms with Gasteiger partial charge >= 0.3 is 5.97 Å². The van der Waals surface area contributed by atoms with E-state index in [1.807, 2.05) is 18.2 Å². The minimum atomic E-state index is -0.957. The first-order valence-electron chi connectivity index (χ1n) is 6.78. The highest BCUT2D eigenvalue weighted by Gasteiger charge is 2.30. The van der Waals surface area contributed by atoms with Crippen LogP contribution in [0.2, 0.25) is 0 Å². The summed E-state index contributed by atoms with van der Waals surface area (Å²) in [5, 5.41) is 12.4. The fourth-order valence-corrected chi connectivity index (χ4v) is 2.42. The Balaban J connectivity index is 1.58. The summed E-state index contributed by atoms with van der Waals surface area (Å²) >= 11 is 0. The lowest BCUT2D eigenvalue weighted by atomic mass is 10.2. The van der Waals surface area contributed by atoms with Gasteiger partial charge in [-0.05, 0) is 25.0 Å². The van der Waals surface area contributed by atoms with Gasteiger partial charge in [-0.2, -0.15) is 0 Å². The molecule has 0 aliphatic carbocycles. The largest absolute Gasteiger partial charge is 0.479 e. The van der Waals surface area contributed by atoms with Gasteiger partial charge in [0, 0.05) is 11.9 Å². The number of rotatable bonds is 4. The molecular formula is C15H15NO5. The molecule has 1 aliphatic rings. The highest BCUT2D eigenvalue weighted by molar-refractivity contribution is 5.96. The van der Waals surface area contributed by atoms with Gasteiger partial charge < -0.3 is 19.6 Å². The molecular weight excluding hydrogens is 274 g/mol. The zero-order chi connectivity index (χ0) is 14.8. The summed E-state index contributed by atoms with van der Waals surface area (Å²) in [6, 6.07) is 9.06. The molecule has 1 aromatic heterocycles. The molecule has 1 fully saturated rings. The third kappa shape index (κ3) is 2.90. The molecule has 110 valence electrons. The number of fused-ring (bicyclic) bond motifs is 1. The van der Waals surface area contributed by atoms with Gasteiger partial charge in [-0.1, -0.05) is 18.2 Å². The van der Waals surface area contributed by atoms with E-state index in [1.165, 1.54) is 0 Å². The first-order valence-corrected chi connectivity index (χ1v) is 6.78. The minimum Gasteiger partial charge on any atom is -0.479 e. The van der Waals surface area contributed by atoms with Crippen LogP contribution in [0.5, 0.6) is 0 Å². The number of carbonyl (C=O) groups is 2. The predicted molar refractivity (Wildman–Crippen MR) is 74.1 cm³/mol. The standard InChI is InChI=1S/C15H15NO5/c17-14(13-7-9-3-1-2-4-11(9)21-13)16-8-10-5-6-12(20-10)15(18)19/h1-4,7,10,12H,5-6,8H2,(H,16,17)(H,18,19). The lowest BCUT2D eigenvalue weighted by Gasteiger charge is -2.11. The number of para-hydroxylation sites is 1. The van der Waals surface area contributed by atoms with Crippen LogP contribution in [0.3, 0.4) is 0 Å². The van der Waals surface area contributed by atoms with Crippen molar-refractivity contribution in [2.24, 2.45) is 0 Å². The molecule has 2 aromatic rings. The Hall–Kier alpha value is -2.34. The van der Waals surface area contributed by atoms with Gasteiger partial charge in [-0.3, -0.25) is 4.79 Å². The van der Waals surface area contributed by atoms with Crippen LogP contribution in [0.1, 0.15) is 23.4 Å². The normalized spacial score (nSPS) is 21.5. The van der Waals surface area contributed by atoms with Gasteiger partial charge in [0.25, 0.3) is 5.91 Å². The Bertz CT molecular complexity index is 645. The maximum Gasteiger partial charge on any atom is 0.332 e. The second-order valence-electron chi connectivity index (χ2n) is 5.02. The Morgan fingerprint density at radius 2 is 2.10 bits per heavy atom. The van der Waals surface area contributed by atoms with Crippen LogP contribution >= 0.6 is 0 Å². The van der Waals surface area contributed by atoms with E-state index in [0.717, 1.165) is 5.39 Å². The second kappa shape index (κ2) is 5.57. The molecule has 6 heteroatoms. The van der Waals surface area contributed by atoms with Crippen molar-refractivity contribution in [3.63, 3.8) is 0 Å². The van der Waals surface area contributed by atoms with E-state index in [2.05, 4.69) is 5.32 Å². The van der Waals surface area contributed by atoms with E-state index in [9.17, 15) is 9.59 Å². The smallest absolute Gasteiger partial charge is 0.332 e. The molecule has 1 saturated heterocycles. The van der Waals surface area contributed by atoms with Crippen LogP contribution in [0.4, 0.5) is 0 Å². The second-order valence-corrected chi connectivity index (χ2v) is 5.02. The van der Waals surface area contributed by atoms with E-state index in [-0.39, 0.29) is 24.3 Å². The molecule has 2 N–H and O–H groups in total. The number of ether oxygens (including phenoxy) is 1. The molecule has 0 saturated carbocycles. The Labute approximate surface area is 120 Å². The quantitative estimate of drug-likeness (QED) is 0.895. The summed E-state index contributed by atoms with van der Waals surface area (Å²) in [6.45, 7) is 0.277. The number of carbonyl (C=O) groups excluding carboxylic acids is 1. The topological polar surface area (TPSA) is 88.8 Å². The molecule has 0 radical (unpaired) electrons. The zero-order valence-electron chi connectivity index (χ0n) is 11.2. The summed E-state index contributed by atoms with van der Waals surface area (Å²) in [5.74, 6) is -1.04. The van der Waals surface area contributed by atoms with Crippen LogP contribution < -0.4 is 5.32 Å². The molecule has 21 heavy (non-hydrogen) atoms. The van der Waals surface area contributed by atoms with E-state index in [4.69, 9.17) is 14.3 Å². The van der Waals surface area contributed by atoms with Crippen LogP contribution in [0, 0.1) is 0 Å². The molecule has 2 atom stereocenters. The summed E-state index contributed by atoms with van der Waals surface area (Å²) in [6.07, 6.45) is 0.0651. The van der Waals surface area contributed by atoms with Crippen LogP contribution in [-0.2, 0) is 9.53 Å². The van der Waals surface area contributed by atoms with Gasteiger partial charge in [-0.25, -0.2) is 4.79 Å². The summed E-state index contributed by atoms with van der Waals surface area (Å²) in [4.78, 5) is 22.8. The molecule has 2 heterocycles. The SMILES string of the molecule is O=C(NCC1CCC(C(=O)O)O1)c1cc2ccccc2o1. The Kier molecular flexibility index (Phi) is 3.62. The number of aliphatic carboxylic acids is 1. The fraction of sp³-hybridized carbons (Fsp3) is 0.333. The number of benzene rings is 1. The number of amides is 1. The van der Waals surface area contributed by atoms with Gasteiger partial charge in [0.2, 0.25) is 0 Å². The van der Waals surface area contributed by atoms with E-state index >= 15 is 0 Å². The maximum atomic E-state index is 12.0. The number of hydrogen-bond donors (Lipinski definition) is 2. The number of carboxylic acid groups (broad SMARTS) is 1. The van der Waals surface area contributed by atoms with Crippen molar-refractivity contribution in [3.8, 4) is 0 Å². The monoisotopic (exact) mass is 289 g/mol. The Morgan fingerprint density at radius 3 is 2.81 bits per heavy atom. The highest BCUT2D eigenvalue weighted by Crippen LogP contribution is 2.20. The van der Waals surface area contributed by atoms with Gasteiger partial charge in [-0.15, -0.1) is 0 Å². The van der Waals surface area contributed by atoms with Crippen LogP contribution in [-0.4, -0.2) is 35.7 Å². The van der Waals surface area contributed by atoms with E-state index in [1.54, 1.807) is 12.1 Å². The average Bonchev–Trinajstić information content (AvgIpc) is 3.11. The van der Waals surface area contributed by atoms with Gasteiger partial charge in [0.05, 0.1) is 6.10 Å². The first kappa shape index (κ1) is 13.6. The minimum absolute atomic E-state index is 0.240. The molecule has 6 nitrogen and oxygen atoms in total. The zero-order valence-corrected chi connectivity index (χ0v) is 11.2. The van der Waals surface area contributed by atoms with Gasteiger partial charge in [0.1, 0.15) is 5.58 Å². The average molecular weight is 289 g/mol. The van der Waals surface area contributed by atoms with Crippen molar-refractivity contribution in [1.82, 2.24) is 5.32 Å². The first-order chi connectivity index (χ1) is 10.1. The highest BCUT2D eigenvalue weighted by atomic mass is 16.5. The number of nitrogens with one attached hydrogen (secondary N) is 1. The molecule has 1 aliphatic heterocycles. The molecule has 0 spiro atoms. The number of furan rings is 1. The summed E-state index contributed by atoms with van der Waals surface area (Å²) < 4.78 is 10.8. The van der Waals surface area contributed by atoms with E-state index < -0.39 is 12.1 Å². The summed E-state index contributed by atoms with van der Waals surface area (Å²) in [7, 11) is 0. The molecule has 2 unspecified atom stereocenters. The van der Waals surface area contributed by atoms with Crippen molar-refractivity contribution < 1.29 is 23.8 Å². The maximum absolute atomic E-state index is 12.0. The summed E-state index contributed by atoms with van der Waals surface area (Å²) in [5.41, 5.74) is 0.658.